The van der Waals surface area contributed by atoms with Crippen LogP contribution >= 0.6 is 11.3 Å². The van der Waals surface area contributed by atoms with Gasteiger partial charge in [0.05, 0.1) is 12.0 Å². The summed E-state index contributed by atoms with van der Waals surface area (Å²) in [6.45, 7) is 2.15. The Morgan fingerprint density at radius 2 is 1.88 bits per heavy atom. The lowest BCUT2D eigenvalue weighted by atomic mass is 9.95. The van der Waals surface area contributed by atoms with Gasteiger partial charge in [0.2, 0.25) is 21.1 Å². The molecule has 1 amide bonds. The number of amides is 1. The number of ether oxygens (including phenoxy) is 1. The Bertz CT molecular complexity index is 1210. The molecule has 0 saturated carbocycles. The van der Waals surface area contributed by atoms with Crippen LogP contribution in [-0.2, 0) is 34.2 Å². The van der Waals surface area contributed by atoms with Crippen molar-refractivity contribution >= 4 is 32.4 Å². The van der Waals surface area contributed by atoms with Crippen LogP contribution in [0.2, 0.25) is 0 Å². The van der Waals surface area contributed by atoms with Gasteiger partial charge in [-0.15, -0.1) is 10.2 Å². The lowest BCUT2D eigenvalue weighted by molar-refractivity contribution is -0.120. The van der Waals surface area contributed by atoms with Gasteiger partial charge in [-0.1, -0.05) is 42.5 Å². The number of benzene rings is 2. The average Bonchev–Trinajstić information content (AvgIpc) is 3.25. The van der Waals surface area contributed by atoms with Gasteiger partial charge in [0.15, 0.2) is 0 Å². The van der Waals surface area contributed by atoms with Crippen LogP contribution in [0.15, 0.2) is 53.4 Å². The Morgan fingerprint density at radius 3 is 2.56 bits per heavy atom. The predicted octanol–water partition coefficient (Wildman–Crippen LogP) is 3.25. The molecular weight excluding hydrogens is 448 g/mol. The molecule has 0 spiro atoms. The Labute approximate surface area is 191 Å². The molecule has 10 heteroatoms. The molecule has 1 N–H and O–H groups in total. The lowest BCUT2D eigenvalue weighted by Gasteiger charge is -2.34. The minimum atomic E-state index is -3.94. The summed E-state index contributed by atoms with van der Waals surface area (Å²) in [5.74, 6) is 0.136. The molecule has 1 atom stereocenters. The van der Waals surface area contributed by atoms with E-state index in [1.807, 2.05) is 31.2 Å². The van der Waals surface area contributed by atoms with Gasteiger partial charge in [-0.05, 0) is 48.2 Å². The number of anilines is 1. The molecule has 1 aliphatic rings. The minimum Gasteiger partial charge on any atom is -0.497 e. The zero-order valence-corrected chi connectivity index (χ0v) is 19.4. The van der Waals surface area contributed by atoms with E-state index in [2.05, 4.69) is 15.5 Å². The monoisotopic (exact) mass is 472 g/mol. The largest absolute Gasteiger partial charge is 0.497 e. The number of nitrogens with one attached hydrogen (secondary N) is 1. The molecule has 0 fully saturated rings. The van der Waals surface area contributed by atoms with Crippen molar-refractivity contribution in [2.75, 3.05) is 12.4 Å². The van der Waals surface area contributed by atoms with Crippen molar-refractivity contribution in [3.8, 4) is 5.75 Å². The molecule has 2 heterocycles. The summed E-state index contributed by atoms with van der Waals surface area (Å²) in [7, 11) is -2.42. The van der Waals surface area contributed by atoms with Crippen LogP contribution in [0.25, 0.3) is 0 Å². The van der Waals surface area contributed by atoms with Crippen molar-refractivity contribution in [2.45, 2.75) is 43.7 Å². The number of rotatable bonds is 7. The Kier molecular flexibility index (Phi) is 6.54. The van der Waals surface area contributed by atoms with Crippen LogP contribution < -0.4 is 10.1 Å². The summed E-state index contributed by atoms with van der Waals surface area (Å²) in [5, 5.41) is 12.1. The Balaban J connectivity index is 1.66. The molecule has 1 aromatic heterocycles. The lowest BCUT2D eigenvalue weighted by Crippen LogP contribution is -2.50. The maximum absolute atomic E-state index is 13.5. The number of carbonyl (C=O) groups is 1. The average molecular weight is 473 g/mol. The fraction of sp³-hybridized carbons (Fsp3) is 0.318. The predicted molar refractivity (Wildman–Crippen MR) is 122 cm³/mol. The Hall–Kier alpha value is -2.82. The fourth-order valence-electron chi connectivity index (χ4n) is 3.67. The highest BCUT2D eigenvalue weighted by Gasteiger charge is 2.39. The maximum atomic E-state index is 13.5. The highest BCUT2D eigenvalue weighted by molar-refractivity contribution is 7.89. The van der Waals surface area contributed by atoms with E-state index < -0.39 is 22.0 Å². The number of sulfonamides is 1. The molecule has 8 nitrogen and oxygen atoms in total. The first-order chi connectivity index (χ1) is 15.4. The third kappa shape index (κ3) is 4.52. The molecule has 0 saturated heterocycles. The van der Waals surface area contributed by atoms with E-state index in [0.29, 0.717) is 10.9 Å². The van der Waals surface area contributed by atoms with Crippen LogP contribution in [-0.4, -0.2) is 42.0 Å². The third-order valence-electron chi connectivity index (χ3n) is 5.33. The van der Waals surface area contributed by atoms with Crippen LogP contribution in [0.4, 0.5) is 5.13 Å². The van der Waals surface area contributed by atoms with Crippen LogP contribution in [0, 0.1) is 0 Å². The van der Waals surface area contributed by atoms with E-state index in [0.717, 1.165) is 29.0 Å². The van der Waals surface area contributed by atoms with E-state index in [1.54, 1.807) is 12.1 Å². The topological polar surface area (TPSA) is 101 Å². The summed E-state index contributed by atoms with van der Waals surface area (Å²) in [6.07, 6.45) is 1.98. The first-order valence-electron chi connectivity index (χ1n) is 10.3. The summed E-state index contributed by atoms with van der Waals surface area (Å²) in [4.78, 5) is 13.3. The molecule has 32 heavy (non-hydrogen) atoms. The normalized spacial score (nSPS) is 16.4. The van der Waals surface area contributed by atoms with Crippen molar-refractivity contribution in [3.05, 3.63) is 64.7 Å². The number of nitrogens with zero attached hydrogens (tertiary/aromatic N) is 3. The number of fused-ring (bicyclic) bond motifs is 1. The van der Waals surface area contributed by atoms with Crippen molar-refractivity contribution in [3.63, 3.8) is 0 Å². The number of aryl methyl sites for hydroxylation is 1. The summed E-state index contributed by atoms with van der Waals surface area (Å²) in [6, 6.07) is 12.8. The standard InChI is InChI=1S/C22H24N4O4S2/c1-3-6-20-24-25-22(31-20)23-21(27)19-13-15-7-4-5-8-16(15)14-26(19)32(28,29)18-11-9-17(30-2)10-12-18/h4-5,7-12,19H,3,6,13-14H2,1-2H3,(H,23,25,27)/t19-/m1/s1. The highest BCUT2D eigenvalue weighted by Crippen LogP contribution is 2.30. The van der Waals surface area contributed by atoms with Gasteiger partial charge in [-0.25, -0.2) is 8.42 Å². The number of hydrogen-bond acceptors (Lipinski definition) is 7. The van der Waals surface area contributed by atoms with Gasteiger partial charge in [0.1, 0.15) is 16.8 Å². The quantitative estimate of drug-likeness (QED) is 0.566. The van der Waals surface area contributed by atoms with Gasteiger partial charge in [-0.3, -0.25) is 10.1 Å². The summed E-state index contributed by atoms with van der Waals surface area (Å²) in [5.41, 5.74) is 1.84. The van der Waals surface area contributed by atoms with E-state index in [4.69, 9.17) is 4.74 Å². The van der Waals surface area contributed by atoms with Crippen molar-refractivity contribution in [1.82, 2.24) is 14.5 Å². The molecule has 1 aliphatic heterocycles. The van der Waals surface area contributed by atoms with E-state index in [1.165, 1.54) is 34.9 Å². The third-order valence-corrected chi connectivity index (χ3v) is 8.10. The van der Waals surface area contributed by atoms with Crippen LogP contribution in [0.3, 0.4) is 0 Å². The number of carbonyl (C=O) groups excluding carboxylic acids is 1. The number of methoxy groups -OCH3 is 1. The minimum absolute atomic E-state index is 0.108. The van der Waals surface area contributed by atoms with Gasteiger partial charge in [0, 0.05) is 13.0 Å². The fourth-order valence-corrected chi connectivity index (χ4v) is 6.08. The van der Waals surface area contributed by atoms with E-state index in [9.17, 15) is 13.2 Å². The Morgan fingerprint density at radius 1 is 1.16 bits per heavy atom. The van der Waals surface area contributed by atoms with E-state index >= 15 is 0 Å². The number of hydrogen-bond donors (Lipinski definition) is 1. The highest BCUT2D eigenvalue weighted by atomic mass is 32.2. The molecule has 168 valence electrons. The summed E-state index contributed by atoms with van der Waals surface area (Å²) < 4.78 is 33.5. The number of aromatic nitrogens is 2. The molecule has 4 rings (SSSR count). The van der Waals surface area contributed by atoms with E-state index in [-0.39, 0.29) is 17.9 Å². The molecule has 0 bridgehead atoms. The van der Waals surface area contributed by atoms with Crippen molar-refractivity contribution in [2.24, 2.45) is 0 Å². The second-order valence-electron chi connectivity index (χ2n) is 7.45. The van der Waals surface area contributed by atoms with Crippen molar-refractivity contribution in [1.29, 1.82) is 0 Å². The van der Waals surface area contributed by atoms with Gasteiger partial charge < -0.3 is 4.74 Å². The zero-order chi connectivity index (χ0) is 22.7. The molecular formula is C22H24N4O4S2. The molecule has 2 aromatic carbocycles. The van der Waals surface area contributed by atoms with Gasteiger partial charge in [-0.2, -0.15) is 4.31 Å². The molecule has 3 aromatic rings. The zero-order valence-electron chi connectivity index (χ0n) is 17.8. The molecule has 0 unspecified atom stereocenters. The molecule has 0 radical (unpaired) electrons. The summed E-state index contributed by atoms with van der Waals surface area (Å²) >= 11 is 1.31. The first-order valence-corrected chi connectivity index (χ1v) is 12.5. The van der Waals surface area contributed by atoms with Crippen LogP contribution in [0.1, 0.15) is 29.5 Å². The maximum Gasteiger partial charge on any atom is 0.245 e. The second kappa shape index (κ2) is 9.35. The van der Waals surface area contributed by atoms with Crippen molar-refractivity contribution < 1.29 is 17.9 Å². The SMILES string of the molecule is CCCc1nnc(NC(=O)[C@H]2Cc3ccccc3CN2S(=O)(=O)c2ccc(OC)cc2)s1. The molecule has 0 aliphatic carbocycles. The van der Waals surface area contributed by atoms with Crippen LogP contribution in [0.5, 0.6) is 5.75 Å². The smallest absolute Gasteiger partial charge is 0.245 e. The second-order valence-corrected chi connectivity index (χ2v) is 10.4. The first kappa shape index (κ1) is 22.4. The van der Waals surface area contributed by atoms with Gasteiger partial charge >= 0.3 is 0 Å². The van der Waals surface area contributed by atoms with Gasteiger partial charge in [0.25, 0.3) is 0 Å².